The van der Waals surface area contributed by atoms with E-state index in [2.05, 4.69) is 9.72 Å². The highest BCUT2D eigenvalue weighted by Gasteiger charge is 2.25. The fourth-order valence-corrected chi connectivity index (χ4v) is 2.58. The molecule has 1 aromatic heterocycles. The SMILES string of the molecule is COC(=O)CC(c1ccc(O)c(Cl)c1)c1c(O)cc(C)[nH]c1=O. The van der Waals surface area contributed by atoms with E-state index in [0.717, 1.165) is 0 Å². The van der Waals surface area contributed by atoms with Crippen molar-refractivity contribution in [1.29, 1.82) is 0 Å². The van der Waals surface area contributed by atoms with Crippen LogP contribution < -0.4 is 5.56 Å². The maximum Gasteiger partial charge on any atom is 0.306 e. The highest BCUT2D eigenvalue weighted by Crippen LogP contribution is 2.35. The molecule has 0 aliphatic carbocycles. The van der Waals surface area contributed by atoms with Crippen LogP contribution in [0.15, 0.2) is 29.1 Å². The minimum Gasteiger partial charge on any atom is -0.507 e. The zero-order chi connectivity index (χ0) is 17.1. The second-order valence-electron chi connectivity index (χ2n) is 5.12. The number of aromatic amines is 1. The summed E-state index contributed by atoms with van der Waals surface area (Å²) >= 11 is 5.91. The first-order valence-electron chi connectivity index (χ1n) is 6.81. The summed E-state index contributed by atoms with van der Waals surface area (Å²) < 4.78 is 4.67. The number of phenols is 1. The molecule has 0 spiro atoms. The first-order chi connectivity index (χ1) is 10.8. The van der Waals surface area contributed by atoms with Crippen molar-refractivity contribution in [3.8, 4) is 11.5 Å². The van der Waals surface area contributed by atoms with Crippen LogP contribution in [0.25, 0.3) is 0 Å². The van der Waals surface area contributed by atoms with Crippen molar-refractivity contribution in [1.82, 2.24) is 4.98 Å². The van der Waals surface area contributed by atoms with E-state index in [9.17, 15) is 19.8 Å². The van der Waals surface area contributed by atoms with Gasteiger partial charge < -0.3 is 19.9 Å². The van der Waals surface area contributed by atoms with Gasteiger partial charge in [-0.15, -0.1) is 0 Å². The number of aryl methyl sites for hydroxylation is 1. The predicted octanol–water partition coefficient (Wildman–Crippen LogP) is 2.44. The largest absolute Gasteiger partial charge is 0.507 e. The smallest absolute Gasteiger partial charge is 0.306 e. The Balaban J connectivity index is 2.61. The second kappa shape index (κ2) is 6.75. The average Bonchev–Trinajstić information content (AvgIpc) is 2.47. The Kier molecular flexibility index (Phi) is 4.95. The standard InChI is InChI=1S/C16H16ClNO5/c1-8-5-13(20)15(16(22)18-8)10(7-14(21)23-2)9-3-4-12(19)11(17)6-9/h3-6,10,19H,7H2,1-2H3,(H2,18,20,22). The van der Waals surface area contributed by atoms with Crippen LogP contribution in [-0.2, 0) is 9.53 Å². The summed E-state index contributed by atoms with van der Waals surface area (Å²) in [5.41, 5.74) is 0.544. The predicted molar refractivity (Wildman–Crippen MR) is 85.1 cm³/mol. The Morgan fingerprint density at radius 2 is 2.00 bits per heavy atom. The molecule has 1 aromatic carbocycles. The third kappa shape index (κ3) is 3.65. The monoisotopic (exact) mass is 337 g/mol. The number of pyridine rings is 1. The molecule has 0 saturated carbocycles. The number of nitrogens with one attached hydrogen (secondary N) is 1. The van der Waals surface area contributed by atoms with Crippen LogP contribution in [0.5, 0.6) is 11.5 Å². The molecule has 0 radical (unpaired) electrons. The van der Waals surface area contributed by atoms with Crippen molar-refractivity contribution in [2.24, 2.45) is 0 Å². The number of carbonyl (C=O) groups excluding carboxylic acids is 1. The minimum atomic E-state index is -0.759. The molecule has 0 amide bonds. The molecule has 1 unspecified atom stereocenters. The number of ether oxygens (including phenoxy) is 1. The number of hydrogen-bond donors (Lipinski definition) is 3. The first-order valence-corrected chi connectivity index (χ1v) is 7.19. The van der Waals surface area contributed by atoms with Crippen molar-refractivity contribution in [3.63, 3.8) is 0 Å². The van der Waals surface area contributed by atoms with E-state index >= 15 is 0 Å². The lowest BCUT2D eigenvalue weighted by atomic mass is 9.88. The third-order valence-corrected chi connectivity index (χ3v) is 3.81. The van der Waals surface area contributed by atoms with Crippen molar-refractivity contribution in [3.05, 3.63) is 56.5 Å². The highest BCUT2D eigenvalue weighted by atomic mass is 35.5. The lowest BCUT2D eigenvalue weighted by molar-refractivity contribution is -0.140. The molecule has 23 heavy (non-hydrogen) atoms. The van der Waals surface area contributed by atoms with Gasteiger partial charge in [0, 0.05) is 11.6 Å². The van der Waals surface area contributed by atoms with Gasteiger partial charge in [-0.2, -0.15) is 0 Å². The fraction of sp³-hybridized carbons (Fsp3) is 0.250. The summed E-state index contributed by atoms with van der Waals surface area (Å²) in [5.74, 6) is -1.64. The first kappa shape index (κ1) is 16.9. The molecule has 122 valence electrons. The van der Waals surface area contributed by atoms with Crippen LogP contribution in [0.1, 0.15) is 29.2 Å². The minimum absolute atomic E-state index is 0.0442. The van der Waals surface area contributed by atoms with Gasteiger partial charge in [-0.3, -0.25) is 9.59 Å². The molecular weight excluding hydrogens is 322 g/mol. The number of aromatic hydroxyl groups is 2. The van der Waals surface area contributed by atoms with Gasteiger partial charge in [0.2, 0.25) is 0 Å². The van der Waals surface area contributed by atoms with Gasteiger partial charge in [0.1, 0.15) is 11.5 Å². The van der Waals surface area contributed by atoms with Crippen molar-refractivity contribution in [2.75, 3.05) is 7.11 Å². The summed E-state index contributed by atoms with van der Waals surface area (Å²) in [7, 11) is 1.24. The van der Waals surface area contributed by atoms with Gasteiger partial charge in [-0.05, 0) is 30.7 Å². The van der Waals surface area contributed by atoms with Gasteiger partial charge >= 0.3 is 5.97 Å². The lowest BCUT2D eigenvalue weighted by Gasteiger charge is -2.18. The molecule has 0 fully saturated rings. The van der Waals surface area contributed by atoms with Gasteiger partial charge in [0.25, 0.3) is 5.56 Å². The molecule has 0 aliphatic rings. The van der Waals surface area contributed by atoms with Crippen molar-refractivity contribution in [2.45, 2.75) is 19.3 Å². The normalized spacial score (nSPS) is 12.0. The third-order valence-electron chi connectivity index (χ3n) is 3.51. The molecule has 3 N–H and O–H groups in total. The molecule has 0 aliphatic heterocycles. The number of methoxy groups -OCH3 is 1. The van der Waals surface area contributed by atoms with E-state index in [1.165, 1.54) is 31.4 Å². The molecule has 0 bridgehead atoms. The average molecular weight is 338 g/mol. The quantitative estimate of drug-likeness (QED) is 0.744. The second-order valence-corrected chi connectivity index (χ2v) is 5.53. The van der Waals surface area contributed by atoms with E-state index in [1.54, 1.807) is 6.92 Å². The summed E-state index contributed by atoms with van der Waals surface area (Å²) in [6.07, 6.45) is -0.155. The molecule has 2 aromatic rings. The zero-order valence-electron chi connectivity index (χ0n) is 12.6. The fourth-order valence-electron chi connectivity index (χ4n) is 2.39. The molecule has 7 heteroatoms. The van der Waals surface area contributed by atoms with Crippen LogP contribution in [0.3, 0.4) is 0 Å². The van der Waals surface area contributed by atoms with E-state index < -0.39 is 17.4 Å². The van der Waals surface area contributed by atoms with Crippen LogP contribution in [0, 0.1) is 6.92 Å². The molecule has 0 saturated heterocycles. The molecular formula is C16H16ClNO5. The molecule has 6 nitrogen and oxygen atoms in total. The Bertz CT molecular complexity index is 800. The Morgan fingerprint density at radius 3 is 2.57 bits per heavy atom. The van der Waals surface area contributed by atoms with Crippen LogP contribution in [-0.4, -0.2) is 28.3 Å². The number of aromatic nitrogens is 1. The maximum absolute atomic E-state index is 12.2. The summed E-state index contributed by atoms with van der Waals surface area (Å²) in [5, 5.41) is 19.8. The van der Waals surface area contributed by atoms with Crippen molar-refractivity contribution >= 4 is 17.6 Å². The number of carbonyl (C=O) groups is 1. The maximum atomic E-state index is 12.2. The summed E-state index contributed by atoms with van der Waals surface area (Å²) in [4.78, 5) is 26.6. The number of phenolic OH excluding ortho intramolecular Hbond substituents is 1. The van der Waals surface area contributed by atoms with Crippen LogP contribution in [0.4, 0.5) is 0 Å². The van der Waals surface area contributed by atoms with E-state index in [0.29, 0.717) is 11.3 Å². The molecule has 1 heterocycles. The number of halogens is 1. The van der Waals surface area contributed by atoms with Crippen LogP contribution >= 0.6 is 11.6 Å². The molecule has 1 atom stereocenters. The Hall–Kier alpha value is -2.47. The summed E-state index contributed by atoms with van der Waals surface area (Å²) in [6, 6.07) is 5.75. The van der Waals surface area contributed by atoms with E-state index in [4.69, 9.17) is 11.6 Å². The van der Waals surface area contributed by atoms with Crippen molar-refractivity contribution < 1.29 is 19.7 Å². The lowest BCUT2D eigenvalue weighted by Crippen LogP contribution is -2.20. The summed E-state index contributed by atoms with van der Waals surface area (Å²) in [6.45, 7) is 1.64. The Labute approximate surface area is 137 Å². The molecule has 2 rings (SSSR count). The highest BCUT2D eigenvalue weighted by molar-refractivity contribution is 6.32. The van der Waals surface area contributed by atoms with Gasteiger partial charge in [0.05, 0.1) is 24.1 Å². The van der Waals surface area contributed by atoms with Gasteiger partial charge in [0.15, 0.2) is 0 Å². The van der Waals surface area contributed by atoms with Gasteiger partial charge in [-0.25, -0.2) is 0 Å². The van der Waals surface area contributed by atoms with E-state index in [-0.39, 0.29) is 28.5 Å². The van der Waals surface area contributed by atoms with Crippen LogP contribution in [0.2, 0.25) is 5.02 Å². The number of rotatable bonds is 4. The topological polar surface area (TPSA) is 99.6 Å². The van der Waals surface area contributed by atoms with Gasteiger partial charge in [-0.1, -0.05) is 17.7 Å². The number of esters is 1. The number of H-pyrrole nitrogens is 1. The zero-order valence-corrected chi connectivity index (χ0v) is 13.3. The number of hydrogen-bond acceptors (Lipinski definition) is 5. The Morgan fingerprint density at radius 1 is 1.30 bits per heavy atom. The number of benzene rings is 1. The van der Waals surface area contributed by atoms with E-state index in [1.807, 2.05) is 0 Å².